The van der Waals surface area contributed by atoms with Crippen LogP contribution in [0, 0.1) is 0 Å². The van der Waals surface area contributed by atoms with E-state index >= 15 is 0 Å². The third-order valence-corrected chi connectivity index (χ3v) is 13.7. The lowest BCUT2D eigenvalue weighted by Gasteiger charge is -2.50. The van der Waals surface area contributed by atoms with Crippen LogP contribution in [0.3, 0.4) is 0 Å². The number of nitrogens with one attached hydrogen (secondary N) is 1. The van der Waals surface area contributed by atoms with Crippen LogP contribution in [0.5, 0.6) is 0 Å². The van der Waals surface area contributed by atoms with E-state index in [1.807, 2.05) is 25.7 Å². The van der Waals surface area contributed by atoms with E-state index in [4.69, 9.17) is 14.2 Å². The fourth-order valence-corrected chi connectivity index (χ4v) is 11.0. The number of hydrogen-bond donors (Lipinski definition) is 1. The van der Waals surface area contributed by atoms with E-state index in [1.165, 1.54) is 38.5 Å². The van der Waals surface area contributed by atoms with Gasteiger partial charge < -0.3 is 44.0 Å². The van der Waals surface area contributed by atoms with Crippen molar-refractivity contribution in [3.63, 3.8) is 0 Å². The van der Waals surface area contributed by atoms with Gasteiger partial charge in [0.2, 0.25) is 11.8 Å². The van der Waals surface area contributed by atoms with E-state index in [-0.39, 0.29) is 30.6 Å². The highest BCUT2D eigenvalue weighted by molar-refractivity contribution is 5.79. The Kier molecular flexibility index (Phi) is 13.2. The monoisotopic (exact) mass is 743 g/mol. The van der Waals surface area contributed by atoms with Crippen molar-refractivity contribution in [2.24, 2.45) is 0 Å². The Morgan fingerprint density at radius 2 is 1.00 bits per heavy atom. The Balaban J connectivity index is 0.000000170. The minimum Gasteiger partial charge on any atom is -0.444 e. The van der Waals surface area contributed by atoms with Crippen molar-refractivity contribution in [1.29, 1.82) is 0 Å². The van der Waals surface area contributed by atoms with Crippen molar-refractivity contribution >= 4 is 17.9 Å². The van der Waals surface area contributed by atoms with Gasteiger partial charge in [-0.1, -0.05) is 25.7 Å². The first-order chi connectivity index (χ1) is 25.6. The summed E-state index contributed by atoms with van der Waals surface area (Å²) in [4.78, 5) is 49.1. The van der Waals surface area contributed by atoms with Crippen molar-refractivity contribution in [2.45, 2.75) is 178 Å². The Bertz CT molecular complexity index is 1220. The Morgan fingerprint density at radius 3 is 1.45 bits per heavy atom. The minimum absolute atomic E-state index is 0.187. The molecule has 0 radical (unpaired) electrons. The van der Waals surface area contributed by atoms with Gasteiger partial charge in [0.25, 0.3) is 0 Å². The van der Waals surface area contributed by atoms with Gasteiger partial charge in [0.05, 0.1) is 24.3 Å². The number of nitrogens with zero attached hydrogens (tertiary/aromatic N) is 5. The largest absolute Gasteiger partial charge is 0.444 e. The Hall–Kier alpha value is -1.99. The van der Waals surface area contributed by atoms with Crippen LogP contribution in [-0.2, 0) is 23.8 Å². The van der Waals surface area contributed by atoms with E-state index in [1.54, 1.807) is 0 Å². The molecule has 0 bridgehead atoms. The quantitative estimate of drug-likeness (QED) is 0.449. The number of morpholine rings is 2. The molecule has 0 aromatic heterocycles. The molecule has 0 aromatic carbocycles. The fourth-order valence-electron chi connectivity index (χ4n) is 11.0. The highest BCUT2D eigenvalue weighted by Crippen LogP contribution is 2.35. The highest BCUT2D eigenvalue weighted by Gasteiger charge is 2.44. The second kappa shape index (κ2) is 17.9. The maximum atomic E-state index is 12.7. The van der Waals surface area contributed by atoms with Crippen molar-refractivity contribution < 1.29 is 28.6 Å². The topological polar surface area (TPSA) is 107 Å². The number of piperidine rings is 4. The molecular formula is C41H70N6O6. The number of rotatable bonds is 4. The molecule has 0 aromatic rings. The van der Waals surface area contributed by atoms with Crippen LogP contribution in [0.2, 0.25) is 0 Å². The molecule has 8 fully saturated rings. The van der Waals surface area contributed by atoms with Gasteiger partial charge in [-0.25, -0.2) is 4.79 Å². The number of amides is 3. The zero-order valence-electron chi connectivity index (χ0n) is 33.2. The summed E-state index contributed by atoms with van der Waals surface area (Å²) in [6, 6.07) is 2.78. The second-order valence-corrected chi connectivity index (χ2v) is 18.2. The molecule has 3 amide bonds. The molecule has 0 spiro atoms. The lowest BCUT2D eigenvalue weighted by Crippen LogP contribution is -2.61. The standard InChI is InChI=1S/C23H39N3O4.C18H31N3O2/c1-23(2,3)30-22(28)25-14-8-17(9-15-25)24-12-10-18(11-13-24)26-19-6-4-5-7-20(19)29-16-21(26)27;22-18-13-23-17-4-2-1-3-16(17)21(18)15-7-11-20(12-8-15)14-5-9-19-10-6-14/h17-20H,4-16H2,1-3H3;14-17,19H,1-13H2/t19-,20-;16-,17-/m00/s1. The van der Waals surface area contributed by atoms with Crippen LogP contribution in [0.25, 0.3) is 0 Å². The number of fused-ring (bicyclic) bond motifs is 2. The third-order valence-electron chi connectivity index (χ3n) is 13.7. The van der Waals surface area contributed by atoms with Gasteiger partial charge in [-0.15, -0.1) is 0 Å². The molecule has 0 unspecified atom stereocenters. The van der Waals surface area contributed by atoms with Gasteiger partial charge in [0.15, 0.2) is 0 Å². The van der Waals surface area contributed by atoms with Gasteiger partial charge >= 0.3 is 6.09 Å². The summed E-state index contributed by atoms with van der Waals surface area (Å²) < 4.78 is 17.2. The zero-order valence-corrected chi connectivity index (χ0v) is 33.2. The zero-order chi connectivity index (χ0) is 37.0. The van der Waals surface area contributed by atoms with Gasteiger partial charge in [-0.3, -0.25) is 9.59 Å². The van der Waals surface area contributed by atoms with Gasteiger partial charge in [0.1, 0.15) is 18.8 Å². The summed E-state index contributed by atoms with van der Waals surface area (Å²) in [5.41, 5.74) is -0.440. The molecule has 1 N–H and O–H groups in total. The van der Waals surface area contributed by atoms with Gasteiger partial charge in [-0.05, 0) is 111 Å². The lowest BCUT2D eigenvalue weighted by molar-refractivity contribution is -0.167. The van der Waals surface area contributed by atoms with E-state index in [0.29, 0.717) is 42.9 Å². The number of hydrogen-bond acceptors (Lipinski definition) is 9. The van der Waals surface area contributed by atoms with Crippen LogP contribution in [-0.4, -0.2) is 162 Å². The molecule has 4 atom stereocenters. The summed E-state index contributed by atoms with van der Waals surface area (Å²) in [5.74, 6) is 0.440. The first-order valence-electron chi connectivity index (χ1n) is 21.7. The second-order valence-electron chi connectivity index (χ2n) is 18.2. The summed E-state index contributed by atoms with van der Waals surface area (Å²) >= 11 is 0. The number of likely N-dealkylation sites (tertiary alicyclic amines) is 3. The molecule has 53 heavy (non-hydrogen) atoms. The molecule has 2 saturated carbocycles. The molecule has 8 rings (SSSR count). The molecule has 2 aliphatic carbocycles. The summed E-state index contributed by atoms with van der Waals surface area (Å²) in [6.45, 7) is 14.6. The predicted octanol–water partition coefficient (Wildman–Crippen LogP) is 4.39. The van der Waals surface area contributed by atoms with Crippen LogP contribution in [0.4, 0.5) is 4.79 Å². The van der Waals surface area contributed by atoms with Crippen molar-refractivity contribution in [3.8, 4) is 0 Å². The normalized spacial score (nSPS) is 32.5. The first kappa shape index (κ1) is 39.3. The lowest BCUT2D eigenvalue weighted by atomic mass is 9.87. The van der Waals surface area contributed by atoms with E-state index in [9.17, 15) is 14.4 Å². The van der Waals surface area contributed by atoms with Crippen molar-refractivity contribution in [2.75, 3.05) is 65.6 Å². The SMILES string of the molecule is CC(C)(C)OC(=O)N1CCC(N2CCC(N3C(=O)CO[C@H]4CCCC[C@@H]43)CC2)CC1.O=C1CO[C@H]2CCCC[C@@H]2N1C1CCN(C2CCNCC2)CC1. The average Bonchev–Trinajstić information content (AvgIpc) is 3.18. The Morgan fingerprint density at radius 1 is 0.585 bits per heavy atom. The molecule has 12 heteroatoms. The number of ether oxygens (including phenoxy) is 3. The van der Waals surface area contributed by atoms with E-state index in [0.717, 1.165) is 123 Å². The average molecular weight is 743 g/mol. The summed E-state index contributed by atoms with van der Waals surface area (Å²) in [5, 5.41) is 3.46. The maximum absolute atomic E-state index is 12.7. The van der Waals surface area contributed by atoms with Crippen LogP contribution in [0.15, 0.2) is 0 Å². The van der Waals surface area contributed by atoms with Crippen molar-refractivity contribution in [1.82, 2.24) is 29.8 Å². The highest BCUT2D eigenvalue weighted by atomic mass is 16.6. The molecule has 8 aliphatic rings. The van der Waals surface area contributed by atoms with Crippen LogP contribution in [0.1, 0.15) is 124 Å². The first-order valence-corrected chi connectivity index (χ1v) is 21.7. The van der Waals surface area contributed by atoms with E-state index < -0.39 is 5.60 Å². The molecule has 12 nitrogen and oxygen atoms in total. The summed E-state index contributed by atoms with van der Waals surface area (Å²) in [6.07, 6.45) is 18.8. The maximum Gasteiger partial charge on any atom is 0.410 e. The molecular weight excluding hydrogens is 672 g/mol. The van der Waals surface area contributed by atoms with Gasteiger partial charge in [0, 0.05) is 63.4 Å². The van der Waals surface area contributed by atoms with Gasteiger partial charge in [-0.2, -0.15) is 0 Å². The predicted molar refractivity (Wildman–Crippen MR) is 204 cm³/mol. The van der Waals surface area contributed by atoms with Crippen LogP contribution < -0.4 is 5.32 Å². The molecule has 6 saturated heterocycles. The minimum atomic E-state index is -0.440. The Labute approximate surface area is 318 Å². The van der Waals surface area contributed by atoms with E-state index in [2.05, 4.69) is 24.9 Å². The third kappa shape index (κ3) is 9.70. The van der Waals surface area contributed by atoms with Crippen LogP contribution >= 0.6 is 0 Å². The summed E-state index contributed by atoms with van der Waals surface area (Å²) in [7, 11) is 0. The number of carbonyl (C=O) groups excluding carboxylic acids is 3. The molecule has 6 heterocycles. The molecule has 300 valence electrons. The number of carbonyl (C=O) groups is 3. The van der Waals surface area contributed by atoms with Crippen molar-refractivity contribution in [3.05, 3.63) is 0 Å². The molecule has 6 aliphatic heterocycles. The fraction of sp³-hybridized carbons (Fsp3) is 0.927. The smallest absolute Gasteiger partial charge is 0.410 e.